The summed E-state index contributed by atoms with van der Waals surface area (Å²) < 4.78 is 38.5. The number of guanidine groups is 1. The molecule has 0 aliphatic carbocycles. The Balaban J connectivity index is 1.48. The summed E-state index contributed by atoms with van der Waals surface area (Å²) >= 11 is 0. The number of pyridine rings is 1. The van der Waals surface area contributed by atoms with Crippen LogP contribution in [0.1, 0.15) is 17.5 Å². The average Bonchev–Trinajstić information content (AvgIpc) is 3.28. The predicted molar refractivity (Wildman–Crippen MR) is 119 cm³/mol. The van der Waals surface area contributed by atoms with Crippen LogP contribution < -0.4 is 20.1 Å². The van der Waals surface area contributed by atoms with Crippen LogP contribution in [0.3, 0.4) is 0 Å². The fourth-order valence-electron chi connectivity index (χ4n) is 3.06. The summed E-state index contributed by atoms with van der Waals surface area (Å²) in [6, 6.07) is 9.18. The maximum atomic E-state index is 12.2. The molecule has 0 saturated carbocycles. The molecule has 1 aromatic carbocycles. The van der Waals surface area contributed by atoms with Gasteiger partial charge in [-0.05, 0) is 30.7 Å². The van der Waals surface area contributed by atoms with E-state index in [-0.39, 0.29) is 17.5 Å². The zero-order valence-electron chi connectivity index (χ0n) is 17.8. The maximum Gasteiger partial charge on any atom is 0.242 e. The summed E-state index contributed by atoms with van der Waals surface area (Å²) in [6.07, 6.45) is 3.81. The molecule has 168 valence electrons. The Morgan fingerprint density at radius 1 is 1.29 bits per heavy atom. The van der Waals surface area contributed by atoms with Gasteiger partial charge in [-0.15, -0.1) is 0 Å². The highest BCUT2D eigenvalue weighted by atomic mass is 32.2. The third-order valence-electron chi connectivity index (χ3n) is 4.73. The van der Waals surface area contributed by atoms with Crippen LogP contribution in [0.15, 0.2) is 52.6 Å². The van der Waals surface area contributed by atoms with E-state index >= 15 is 0 Å². The molecule has 1 aliphatic heterocycles. The molecular formula is C21H29N5O4S. The van der Waals surface area contributed by atoms with Gasteiger partial charge in [-0.1, -0.05) is 12.1 Å². The lowest BCUT2D eigenvalue weighted by atomic mass is 10.1. The molecule has 2 aromatic rings. The van der Waals surface area contributed by atoms with Crippen molar-refractivity contribution in [2.45, 2.75) is 30.9 Å². The number of aliphatic imine (C=N–C) groups is 1. The first-order valence-electron chi connectivity index (χ1n) is 10.2. The highest BCUT2D eigenvalue weighted by molar-refractivity contribution is 7.89. The van der Waals surface area contributed by atoms with E-state index in [1.54, 1.807) is 13.1 Å². The van der Waals surface area contributed by atoms with E-state index in [1.807, 2.05) is 25.1 Å². The first-order valence-corrected chi connectivity index (χ1v) is 11.6. The van der Waals surface area contributed by atoms with E-state index in [0.717, 1.165) is 29.9 Å². The van der Waals surface area contributed by atoms with Gasteiger partial charge in [0.05, 0.1) is 13.2 Å². The molecule has 0 radical (unpaired) electrons. The molecule has 3 rings (SSSR count). The molecule has 0 amide bonds. The Labute approximate surface area is 183 Å². The minimum atomic E-state index is -3.58. The molecule has 31 heavy (non-hydrogen) atoms. The van der Waals surface area contributed by atoms with Crippen LogP contribution in [0.4, 0.5) is 0 Å². The molecule has 1 saturated heterocycles. The molecule has 9 nitrogen and oxygen atoms in total. The number of aryl methyl sites for hydroxylation is 1. The Morgan fingerprint density at radius 3 is 2.87 bits per heavy atom. The molecular weight excluding hydrogens is 418 g/mol. The van der Waals surface area contributed by atoms with Crippen molar-refractivity contribution in [3.05, 3.63) is 53.9 Å². The lowest BCUT2D eigenvalue weighted by molar-refractivity contribution is 0.140. The Morgan fingerprint density at radius 2 is 2.16 bits per heavy atom. The molecule has 1 fully saturated rings. The zero-order valence-corrected chi connectivity index (χ0v) is 18.6. The molecule has 0 bridgehead atoms. The lowest BCUT2D eigenvalue weighted by Crippen LogP contribution is -2.41. The van der Waals surface area contributed by atoms with Gasteiger partial charge in [0.25, 0.3) is 0 Å². The fraction of sp³-hybridized carbons (Fsp3) is 0.429. The second-order valence-corrected chi connectivity index (χ2v) is 8.92. The largest absolute Gasteiger partial charge is 0.488 e. The van der Waals surface area contributed by atoms with Crippen molar-refractivity contribution in [1.29, 1.82) is 0 Å². The first kappa shape index (κ1) is 23.0. The maximum absolute atomic E-state index is 12.2. The number of aromatic nitrogens is 1. The second-order valence-electron chi connectivity index (χ2n) is 7.15. The lowest BCUT2D eigenvalue weighted by Gasteiger charge is -2.18. The van der Waals surface area contributed by atoms with Gasteiger partial charge in [-0.3, -0.25) is 9.98 Å². The highest BCUT2D eigenvalue weighted by Gasteiger charge is 2.19. The average molecular weight is 448 g/mol. The highest BCUT2D eigenvalue weighted by Crippen LogP contribution is 2.23. The quantitative estimate of drug-likeness (QED) is 0.301. The van der Waals surface area contributed by atoms with Crippen LogP contribution in [-0.2, 0) is 21.3 Å². The van der Waals surface area contributed by atoms with Crippen LogP contribution in [-0.4, -0.2) is 58.8 Å². The Hall–Kier alpha value is -2.69. The standard InChI is InChI=1S/C21H29N5O4S/c1-16-5-6-17(20(12-16)30-18-7-11-29-15-18)13-25-21(22-2)24-9-10-26-31(27,28)19-4-3-8-23-14-19/h3-6,8,12,14,18,26H,7,9-11,13,15H2,1-2H3,(H2,22,24,25). The summed E-state index contributed by atoms with van der Waals surface area (Å²) in [5, 5.41) is 6.34. The Bertz CT molecular complexity index is 977. The predicted octanol–water partition coefficient (Wildman–Crippen LogP) is 1.20. The monoisotopic (exact) mass is 447 g/mol. The van der Waals surface area contributed by atoms with Crippen LogP contribution in [0.2, 0.25) is 0 Å². The minimum Gasteiger partial charge on any atom is -0.488 e. The van der Waals surface area contributed by atoms with Crippen LogP contribution in [0.25, 0.3) is 0 Å². The van der Waals surface area contributed by atoms with Gasteiger partial charge in [0.1, 0.15) is 16.7 Å². The Kier molecular flexibility index (Phi) is 8.21. The van der Waals surface area contributed by atoms with E-state index in [4.69, 9.17) is 9.47 Å². The SMILES string of the molecule is CN=C(NCCNS(=O)(=O)c1cccnc1)NCc1ccc(C)cc1OC1CCOC1. The van der Waals surface area contributed by atoms with Gasteiger partial charge >= 0.3 is 0 Å². The molecule has 0 spiro atoms. The van der Waals surface area contributed by atoms with Gasteiger partial charge in [-0.2, -0.15) is 0 Å². The number of nitrogens with one attached hydrogen (secondary N) is 3. The zero-order chi connectivity index (χ0) is 22.1. The van der Waals surface area contributed by atoms with Crippen molar-refractivity contribution < 1.29 is 17.9 Å². The minimum absolute atomic E-state index is 0.0748. The number of benzene rings is 1. The number of hydrogen-bond acceptors (Lipinski definition) is 6. The van der Waals surface area contributed by atoms with Crippen LogP contribution in [0, 0.1) is 6.92 Å². The first-order chi connectivity index (χ1) is 15.0. The van der Waals surface area contributed by atoms with Crippen molar-refractivity contribution in [2.75, 3.05) is 33.4 Å². The number of rotatable bonds is 9. The third-order valence-corrected chi connectivity index (χ3v) is 6.17. The van der Waals surface area contributed by atoms with Gasteiger partial charge in [0.15, 0.2) is 5.96 Å². The van der Waals surface area contributed by atoms with Gasteiger partial charge in [0, 0.05) is 51.1 Å². The molecule has 1 aliphatic rings. The van der Waals surface area contributed by atoms with Crippen molar-refractivity contribution in [2.24, 2.45) is 4.99 Å². The van der Waals surface area contributed by atoms with Gasteiger partial charge < -0.3 is 20.1 Å². The van der Waals surface area contributed by atoms with Gasteiger partial charge in [-0.25, -0.2) is 13.1 Å². The third kappa shape index (κ3) is 6.91. The molecule has 10 heteroatoms. The molecule has 3 N–H and O–H groups in total. The van der Waals surface area contributed by atoms with E-state index < -0.39 is 10.0 Å². The smallest absolute Gasteiger partial charge is 0.242 e. The van der Waals surface area contributed by atoms with Crippen molar-refractivity contribution in [3.8, 4) is 5.75 Å². The van der Waals surface area contributed by atoms with Crippen molar-refractivity contribution >= 4 is 16.0 Å². The summed E-state index contributed by atoms with van der Waals surface area (Å²) in [6.45, 7) is 4.46. The van der Waals surface area contributed by atoms with Crippen molar-refractivity contribution in [3.63, 3.8) is 0 Å². The number of sulfonamides is 1. The summed E-state index contributed by atoms with van der Waals surface area (Å²) in [5.41, 5.74) is 2.14. The molecule has 1 unspecified atom stereocenters. The van der Waals surface area contributed by atoms with Crippen molar-refractivity contribution in [1.82, 2.24) is 20.3 Å². The number of ether oxygens (including phenoxy) is 2. The number of hydrogen-bond donors (Lipinski definition) is 3. The topological polar surface area (TPSA) is 114 Å². The van der Waals surface area contributed by atoms with Gasteiger partial charge in [0.2, 0.25) is 10.0 Å². The number of nitrogens with zero attached hydrogens (tertiary/aromatic N) is 2. The van der Waals surface area contributed by atoms with E-state index in [2.05, 4.69) is 25.3 Å². The van der Waals surface area contributed by atoms with E-state index in [1.165, 1.54) is 18.5 Å². The van der Waals surface area contributed by atoms with E-state index in [9.17, 15) is 8.42 Å². The summed E-state index contributed by atoms with van der Waals surface area (Å²) in [5.74, 6) is 1.40. The molecule has 2 heterocycles. The molecule has 1 atom stereocenters. The van der Waals surface area contributed by atoms with Crippen LogP contribution in [0.5, 0.6) is 5.75 Å². The second kappa shape index (κ2) is 11.1. The summed E-state index contributed by atoms with van der Waals surface area (Å²) in [4.78, 5) is 8.17. The molecule has 1 aromatic heterocycles. The summed E-state index contributed by atoms with van der Waals surface area (Å²) in [7, 11) is -1.92. The van der Waals surface area contributed by atoms with Crippen LogP contribution >= 0.6 is 0 Å². The normalized spacial score (nSPS) is 16.8. The fourth-order valence-corrected chi connectivity index (χ4v) is 4.05. The van der Waals surface area contributed by atoms with E-state index in [0.29, 0.717) is 25.7 Å².